The number of aromatic nitrogens is 2. The fraction of sp³-hybridized carbons (Fsp3) is 0. The molecule has 94 valence electrons. The van der Waals surface area contributed by atoms with Crippen molar-refractivity contribution in [1.82, 2.24) is 9.55 Å². The van der Waals surface area contributed by atoms with E-state index >= 15 is 0 Å². The fourth-order valence-corrected chi connectivity index (χ4v) is 2.51. The Hall–Kier alpha value is -1.89. The lowest BCUT2D eigenvalue weighted by Crippen LogP contribution is -2.04. The molecule has 0 aliphatic rings. The minimum Gasteiger partial charge on any atom is -0.477 e. The highest BCUT2D eigenvalue weighted by Gasteiger charge is 2.08. The Morgan fingerprint density at radius 3 is 2.84 bits per heavy atom. The molecule has 1 N–H and O–H groups in total. The summed E-state index contributed by atoms with van der Waals surface area (Å²) in [7, 11) is 0. The molecule has 0 spiro atoms. The maximum atomic E-state index is 11.0. The van der Waals surface area contributed by atoms with Crippen molar-refractivity contribution >= 4 is 39.5 Å². The Morgan fingerprint density at radius 1 is 1.21 bits per heavy atom. The van der Waals surface area contributed by atoms with Gasteiger partial charge in [0.15, 0.2) is 5.69 Å². The summed E-state index contributed by atoms with van der Waals surface area (Å²) in [5, 5.41) is 10.1. The second kappa shape index (κ2) is 4.65. The average molecular weight is 364 g/mol. The molecule has 0 atom stereocenters. The van der Waals surface area contributed by atoms with Gasteiger partial charge in [-0.2, -0.15) is 0 Å². The summed E-state index contributed by atoms with van der Waals surface area (Å²) in [4.78, 5) is 15.1. The van der Waals surface area contributed by atoms with E-state index in [1.54, 1.807) is 12.1 Å². The number of carbonyl (C=O) groups is 1. The van der Waals surface area contributed by atoms with Crippen LogP contribution in [-0.4, -0.2) is 20.6 Å². The van der Waals surface area contributed by atoms with Gasteiger partial charge < -0.3 is 9.67 Å². The Labute approximate surface area is 122 Å². The van der Waals surface area contributed by atoms with Crippen LogP contribution >= 0.6 is 22.6 Å². The first-order chi connectivity index (χ1) is 9.15. The first-order valence-corrected chi connectivity index (χ1v) is 6.70. The maximum absolute atomic E-state index is 11.0. The first kappa shape index (κ1) is 12.2. The minimum absolute atomic E-state index is 0.0462. The lowest BCUT2D eigenvalue weighted by Gasteiger charge is -2.05. The van der Waals surface area contributed by atoms with E-state index in [9.17, 15) is 4.79 Å². The molecule has 1 aromatic carbocycles. The monoisotopic (exact) mass is 364 g/mol. The Morgan fingerprint density at radius 2 is 2.05 bits per heavy atom. The zero-order valence-corrected chi connectivity index (χ0v) is 11.9. The largest absolute Gasteiger partial charge is 0.477 e. The van der Waals surface area contributed by atoms with Gasteiger partial charge in [-0.3, -0.25) is 0 Å². The molecule has 0 bridgehead atoms. The number of rotatable bonds is 2. The molecule has 3 rings (SSSR count). The van der Waals surface area contributed by atoms with Gasteiger partial charge in [0.2, 0.25) is 0 Å². The SMILES string of the molecule is O=C(O)c1cccc(-n2ccc3cc(I)ccc32)n1. The van der Waals surface area contributed by atoms with E-state index in [-0.39, 0.29) is 5.69 Å². The number of nitrogens with zero attached hydrogens (tertiary/aromatic N) is 2. The van der Waals surface area contributed by atoms with Gasteiger partial charge >= 0.3 is 5.97 Å². The number of fused-ring (bicyclic) bond motifs is 1. The summed E-state index contributed by atoms with van der Waals surface area (Å²) in [5.74, 6) is -0.413. The van der Waals surface area contributed by atoms with Gasteiger partial charge in [0.05, 0.1) is 5.52 Å². The van der Waals surface area contributed by atoms with Crippen LogP contribution in [-0.2, 0) is 0 Å². The number of carboxylic acids is 1. The third kappa shape index (κ3) is 2.21. The fourth-order valence-electron chi connectivity index (χ4n) is 1.99. The number of benzene rings is 1. The van der Waals surface area contributed by atoms with Crippen LogP contribution in [0, 0.1) is 3.57 Å². The molecule has 4 nitrogen and oxygen atoms in total. The predicted molar refractivity (Wildman–Crippen MR) is 80.7 cm³/mol. The van der Waals surface area contributed by atoms with Gasteiger partial charge in [-0.05, 0) is 59.0 Å². The van der Waals surface area contributed by atoms with Crippen molar-refractivity contribution in [2.75, 3.05) is 0 Å². The van der Waals surface area contributed by atoms with E-state index in [4.69, 9.17) is 5.11 Å². The third-order valence-corrected chi connectivity index (χ3v) is 3.52. The molecule has 5 heteroatoms. The molecule has 0 aliphatic heterocycles. The molecule has 0 unspecified atom stereocenters. The number of pyridine rings is 1. The van der Waals surface area contributed by atoms with Crippen molar-refractivity contribution in [3.8, 4) is 5.82 Å². The summed E-state index contributed by atoms with van der Waals surface area (Å²) >= 11 is 2.26. The average Bonchev–Trinajstić information content (AvgIpc) is 2.81. The summed E-state index contributed by atoms with van der Waals surface area (Å²) in [6, 6.07) is 13.1. The lowest BCUT2D eigenvalue weighted by atomic mass is 10.2. The predicted octanol–water partition coefficient (Wildman–Crippen LogP) is 3.33. The summed E-state index contributed by atoms with van der Waals surface area (Å²) in [5.41, 5.74) is 1.06. The van der Waals surface area contributed by atoms with Gasteiger partial charge in [0.25, 0.3) is 0 Å². The number of carboxylic acid groups (broad SMARTS) is 1. The van der Waals surface area contributed by atoms with Crippen LogP contribution in [0.5, 0.6) is 0 Å². The van der Waals surface area contributed by atoms with E-state index in [0.717, 1.165) is 14.5 Å². The zero-order valence-electron chi connectivity index (χ0n) is 9.75. The highest BCUT2D eigenvalue weighted by Crippen LogP contribution is 2.21. The number of hydrogen-bond acceptors (Lipinski definition) is 2. The van der Waals surface area contributed by atoms with Crippen molar-refractivity contribution in [1.29, 1.82) is 0 Å². The van der Waals surface area contributed by atoms with Crippen LogP contribution in [0.3, 0.4) is 0 Å². The van der Waals surface area contributed by atoms with Gasteiger partial charge in [0, 0.05) is 15.2 Å². The van der Waals surface area contributed by atoms with Crippen LogP contribution in [0.4, 0.5) is 0 Å². The van der Waals surface area contributed by atoms with Crippen molar-refractivity contribution in [3.05, 3.63) is 57.9 Å². The Bertz CT molecular complexity index is 780. The van der Waals surface area contributed by atoms with Gasteiger partial charge in [-0.25, -0.2) is 9.78 Å². The Balaban J connectivity index is 2.19. The molecular weight excluding hydrogens is 355 g/mol. The van der Waals surface area contributed by atoms with Gasteiger partial charge in [-0.15, -0.1) is 0 Å². The summed E-state index contributed by atoms with van der Waals surface area (Å²) in [6.07, 6.45) is 1.90. The number of aromatic carboxylic acids is 1. The molecule has 19 heavy (non-hydrogen) atoms. The topological polar surface area (TPSA) is 55.1 Å². The number of halogens is 1. The summed E-state index contributed by atoms with van der Waals surface area (Å²) in [6.45, 7) is 0. The molecule has 0 aliphatic carbocycles. The third-order valence-electron chi connectivity index (χ3n) is 2.85. The summed E-state index contributed by atoms with van der Waals surface area (Å²) < 4.78 is 3.05. The van der Waals surface area contributed by atoms with Crippen LogP contribution in [0.15, 0.2) is 48.7 Å². The first-order valence-electron chi connectivity index (χ1n) is 5.62. The van der Waals surface area contributed by atoms with E-state index in [0.29, 0.717) is 5.82 Å². The van der Waals surface area contributed by atoms with Crippen molar-refractivity contribution in [2.24, 2.45) is 0 Å². The smallest absolute Gasteiger partial charge is 0.354 e. The molecule has 0 radical (unpaired) electrons. The highest BCUT2D eigenvalue weighted by molar-refractivity contribution is 14.1. The van der Waals surface area contributed by atoms with Crippen LogP contribution in [0.25, 0.3) is 16.7 Å². The minimum atomic E-state index is -1.02. The molecule has 0 saturated heterocycles. The highest BCUT2D eigenvalue weighted by atomic mass is 127. The van der Waals surface area contributed by atoms with E-state index in [2.05, 4.69) is 33.6 Å². The zero-order chi connectivity index (χ0) is 13.4. The second-order valence-corrected chi connectivity index (χ2v) is 5.32. The second-order valence-electron chi connectivity index (χ2n) is 4.08. The van der Waals surface area contributed by atoms with Gasteiger partial charge in [-0.1, -0.05) is 6.07 Å². The van der Waals surface area contributed by atoms with E-state index < -0.39 is 5.97 Å². The van der Waals surface area contributed by atoms with Crippen LogP contribution < -0.4 is 0 Å². The van der Waals surface area contributed by atoms with Crippen molar-refractivity contribution in [3.63, 3.8) is 0 Å². The van der Waals surface area contributed by atoms with E-state index in [1.807, 2.05) is 29.0 Å². The molecular formula is C14H9IN2O2. The normalized spacial score (nSPS) is 10.8. The molecule has 0 saturated carbocycles. The van der Waals surface area contributed by atoms with Crippen LogP contribution in [0.1, 0.15) is 10.5 Å². The lowest BCUT2D eigenvalue weighted by molar-refractivity contribution is 0.0690. The van der Waals surface area contributed by atoms with E-state index in [1.165, 1.54) is 6.07 Å². The molecule has 0 amide bonds. The molecule has 3 aromatic rings. The van der Waals surface area contributed by atoms with Crippen molar-refractivity contribution in [2.45, 2.75) is 0 Å². The molecule has 2 heterocycles. The van der Waals surface area contributed by atoms with Gasteiger partial charge in [0.1, 0.15) is 5.82 Å². The molecule has 2 aromatic heterocycles. The standard InChI is InChI=1S/C14H9IN2O2/c15-10-4-5-12-9(8-10)6-7-17(12)13-3-1-2-11(16-13)14(18)19/h1-8H,(H,18,19). The number of hydrogen-bond donors (Lipinski definition) is 1. The Kier molecular flexibility index (Phi) is 2.98. The quantitative estimate of drug-likeness (QED) is 0.710. The van der Waals surface area contributed by atoms with Crippen LogP contribution in [0.2, 0.25) is 0 Å². The van der Waals surface area contributed by atoms with Crippen molar-refractivity contribution < 1.29 is 9.90 Å². The molecule has 0 fully saturated rings. The maximum Gasteiger partial charge on any atom is 0.354 e.